The Morgan fingerprint density at radius 3 is 2.53 bits per heavy atom. The highest BCUT2D eigenvalue weighted by Gasteiger charge is 2.58. The van der Waals surface area contributed by atoms with Crippen molar-refractivity contribution in [2.45, 2.75) is 44.0 Å². The number of carbonyl (C=O) groups excluding carboxylic acids is 1. The van der Waals surface area contributed by atoms with Gasteiger partial charge in [-0.05, 0) is 43.7 Å². The van der Waals surface area contributed by atoms with Crippen molar-refractivity contribution in [2.75, 3.05) is 25.2 Å². The number of amides is 1. The summed E-state index contributed by atoms with van der Waals surface area (Å²) < 4.78 is 61.4. The summed E-state index contributed by atoms with van der Waals surface area (Å²) >= 11 is 0. The van der Waals surface area contributed by atoms with E-state index in [1.54, 1.807) is 31.4 Å². The van der Waals surface area contributed by atoms with E-state index in [0.29, 0.717) is 42.4 Å². The van der Waals surface area contributed by atoms with Crippen molar-refractivity contribution in [3.05, 3.63) is 77.2 Å². The van der Waals surface area contributed by atoms with Crippen LogP contribution >= 0.6 is 0 Å². The van der Waals surface area contributed by atoms with Gasteiger partial charge >= 0.3 is 6.18 Å². The average Bonchev–Trinajstić information content (AvgIpc) is 3.37. The SMILES string of the molecule is COCCOc1ccc2c(c1)OC(C)(C)C[C@]21C(=O)N(Cc2ccc(C(F)(F)F)o2)c2ccccc21. The number of para-hydroxylation sites is 1. The lowest BCUT2D eigenvalue weighted by Gasteiger charge is -2.43. The summed E-state index contributed by atoms with van der Waals surface area (Å²) in [5.74, 6) is -0.158. The largest absolute Gasteiger partial charge is 0.491 e. The summed E-state index contributed by atoms with van der Waals surface area (Å²) in [7, 11) is 1.59. The first-order valence-electron chi connectivity index (χ1n) is 11.6. The first-order valence-corrected chi connectivity index (χ1v) is 11.6. The fourth-order valence-electron chi connectivity index (χ4n) is 5.22. The molecule has 0 saturated carbocycles. The Balaban J connectivity index is 1.58. The van der Waals surface area contributed by atoms with E-state index in [4.69, 9.17) is 18.6 Å². The van der Waals surface area contributed by atoms with Gasteiger partial charge in [0, 0.05) is 30.8 Å². The van der Waals surface area contributed by atoms with Crippen LogP contribution in [0.15, 0.2) is 59.0 Å². The average molecular weight is 502 g/mol. The topological polar surface area (TPSA) is 61.1 Å². The number of methoxy groups -OCH3 is 1. The minimum atomic E-state index is -4.60. The fourth-order valence-corrected chi connectivity index (χ4v) is 5.22. The third-order valence-electron chi connectivity index (χ3n) is 6.57. The van der Waals surface area contributed by atoms with Crippen LogP contribution in [0.4, 0.5) is 18.9 Å². The molecule has 2 aliphatic heterocycles. The molecule has 1 spiro atoms. The zero-order valence-electron chi connectivity index (χ0n) is 20.1. The van der Waals surface area contributed by atoms with E-state index in [1.807, 2.05) is 32.0 Å². The summed E-state index contributed by atoms with van der Waals surface area (Å²) in [6, 6.07) is 14.9. The zero-order chi connectivity index (χ0) is 25.7. The van der Waals surface area contributed by atoms with Gasteiger partial charge in [-0.15, -0.1) is 0 Å². The number of hydrogen-bond donors (Lipinski definition) is 0. The van der Waals surface area contributed by atoms with Crippen molar-refractivity contribution in [1.29, 1.82) is 0 Å². The van der Waals surface area contributed by atoms with Crippen molar-refractivity contribution in [3.63, 3.8) is 0 Å². The molecule has 9 heteroatoms. The number of anilines is 1. The molecule has 1 atom stereocenters. The molecule has 3 aromatic rings. The van der Waals surface area contributed by atoms with Crippen molar-refractivity contribution in [2.24, 2.45) is 0 Å². The monoisotopic (exact) mass is 501 g/mol. The second-order valence-corrected chi connectivity index (χ2v) is 9.62. The Labute approximate surface area is 206 Å². The zero-order valence-corrected chi connectivity index (χ0v) is 20.1. The molecule has 0 bridgehead atoms. The van der Waals surface area contributed by atoms with E-state index in [9.17, 15) is 18.0 Å². The Morgan fingerprint density at radius 2 is 1.81 bits per heavy atom. The van der Waals surface area contributed by atoms with Gasteiger partial charge in [0.2, 0.25) is 11.7 Å². The number of fused-ring (bicyclic) bond motifs is 4. The number of nitrogens with zero attached hydrogens (tertiary/aromatic N) is 1. The molecular formula is C27H26F3NO5. The van der Waals surface area contributed by atoms with Gasteiger partial charge in [0.05, 0.1) is 13.2 Å². The lowest BCUT2D eigenvalue weighted by Crippen LogP contribution is -2.50. The summed E-state index contributed by atoms with van der Waals surface area (Å²) in [5, 5.41) is 0. The predicted octanol–water partition coefficient (Wildman–Crippen LogP) is 5.72. The third-order valence-corrected chi connectivity index (χ3v) is 6.57. The van der Waals surface area contributed by atoms with Crippen molar-refractivity contribution >= 4 is 11.6 Å². The number of alkyl halides is 3. The standard InChI is InChI=1S/C27H26F3NO5/c1-25(2)16-26(20-10-8-17(14-22(20)36-25)34-13-12-33-3)19-6-4-5-7-21(19)31(24(26)32)15-18-9-11-23(35-18)27(28,29)30/h4-11,14H,12-13,15-16H2,1-3H3/t26-/m1/s1. The molecule has 36 heavy (non-hydrogen) atoms. The minimum Gasteiger partial charge on any atom is -0.491 e. The number of ether oxygens (including phenoxy) is 3. The fraction of sp³-hybridized carbons (Fsp3) is 0.370. The molecule has 0 fully saturated rings. The highest BCUT2D eigenvalue weighted by atomic mass is 19.4. The molecule has 0 unspecified atom stereocenters. The van der Waals surface area contributed by atoms with Gasteiger partial charge in [-0.2, -0.15) is 13.2 Å². The van der Waals surface area contributed by atoms with E-state index in [2.05, 4.69) is 0 Å². The van der Waals surface area contributed by atoms with Crippen molar-refractivity contribution in [3.8, 4) is 11.5 Å². The quantitative estimate of drug-likeness (QED) is 0.405. The molecule has 0 N–H and O–H groups in total. The van der Waals surface area contributed by atoms with Crippen molar-refractivity contribution < 1.29 is 36.6 Å². The van der Waals surface area contributed by atoms with E-state index in [-0.39, 0.29) is 18.2 Å². The minimum absolute atomic E-state index is 0.0518. The Morgan fingerprint density at radius 1 is 1.03 bits per heavy atom. The lowest BCUT2D eigenvalue weighted by atomic mass is 9.67. The summed E-state index contributed by atoms with van der Waals surface area (Å²) in [6.07, 6.45) is -4.24. The van der Waals surface area contributed by atoms with E-state index < -0.39 is 23.0 Å². The number of halogens is 3. The molecule has 190 valence electrons. The van der Waals surface area contributed by atoms with Gasteiger partial charge < -0.3 is 23.5 Å². The lowest BCUT2D eigenvalue weighted by molar-refractivity contribution is -0.153. The third kappa shape index (κ3) is 4.01. The molecule has 6 nitrogen and oxygen atoms in total. The predicted molar refractivity (Wildman–Crippen MR) is 125 cm³/mol. The molecule has 3 heterocycles. The van der Waals surface area contributed by atoms with Gasteiger partial charge in [0.1, 0.15) is 34.9 Å². The van der Waals surface area contributed by atoms with Gasteiger partial charge in [0.15, 0.2) is 0 Å². The van der Waals surface area contributed by atoms with E-state index >= 15 is 0 Å². The second-order valence-electron chi connectivity index (χ2n) is 9.62. The van der Waals surface area contributed by atoms with Gasteiger partial charge in [-0.3, -0.25) is 4.79 Å². The number of furan rings is 1. The number of hydrogen-bond acceptors (Lipinski definition) is 5. The maximum atomic E-state index is 14.3. The molecule has 0 aliphatic carbocycles. The first-order chi connectivity index (χ1) is 17.0. The maximum Gasteiger partial charge on any atom is 0.449 e. The van der Waals surface area contributed by atoms with Gasteiger partial charge in [-0.25, -0.2) is 0 Å². The van der Waals surface area contributed by atoms with Crippen LogP contribution in [-0.4, -0.2) is 31.8 Å². The summed E-state index contributed by atoms with van der Waals surface area (Å²) in [5.41, 5.74) is 0.333. The normalized spacial score (nSPS) is 20.3. The molecule has 0 radical (unpaired) electrons. The van der Waals surface area contributed by atoms with Crippen LogP contribution in [0, 0.1) is 0 Å². The first kappa shape index (κ1) is 24.2. The van der Waals surface area contributed by atoms with Crippen LogP contribution in [0.5, 0.6) is 11.5 Å². The molecular weight excluding hydrogens is 475 g/mol. The maximum absolute atomic E-state index is 14.3. The van der Waals surface area contributed by atoms with Gasteiger partial charge in [-0.1, -0.05) is 24.3 Å². The Kier molecular flexibility index (Phi) is 5.78. The van der Waals surface area contributed by atoms with Crippen LogP contribution in [0.3, 0.4) is 0 Å². The molecule has 1 amide bonds. The summed E-state index contributed by atoms with van der Waals surface area (Å²) in [6.45, 7) is 4.50. The number of benzene rings is 2. The molecule has 1 aromatic heterocycles. The van der Waals surface area contributed by atoms with Crippen LogP contribution in [0.25, 0.3) is 0 Å². The highest BCUT2D eigenvalue weighted by Crippen LogP contribution is 2.56. The van der Waals surface area contributed by atoms with Crippen molar-refractivity contribution in [1.82, 2.24) is 0 Å². The van der Waals surface area contributed by atoms with Crippen LogP contribution in [0.1, 0.15) is 42.9 Å². The van der Waals surface area contributed by atoms with E-state index in [0.717, 1.165) is 11.6 Å². The second kappa shape index (κ2) is 8.58. The Hall–Kier alpha value is -3.46. The number of carbonyl (C=O) groups is 1. The van der Waals surface area contributed by atoms with Crippen LogP contribution in [-0.2, 0) is 27.7 Å². The van der Waals surface area contributed by atoms with E-state index in [1.165, 1.54) is 11.0 Å². The molecule has 2 aliphatic rings. The molecule has 5 rings (SSSR count). The van der Waals surface area contributed by atoms with Crippen LogP contribution in [0.2, 0.25) is 0 Å². The van der Waals surface area contributed by atoms with Gasteiger partial charge in [0.25, 0.3) is 0 Å². The smallest absolute Gasteiger partial charge is 0.449 e. The molecule has 2 aromatic carbocycles. The van der Waals surface area contributed by atoms with Crippen LogP contribution < -0.4 is 14.4 Å². The number of rotatable bonds is 6. The molecule has 0 saturated heterocycles. The Bertz CT molecular complexity index is 1300. The highest BCUT2D eigenvalue weighted by molar-refractivity contribution is 6.11. The summed E-state index contributed by atoms with van der Waals surface area (Å²) in [4.78, 5) is 15.8.